The van der Waals surface area contributed by atoms with Gasteiger partial charge in [-0.2, -0.15) is 0 Å². The van der Waals surface area contributed by atoms with Crippen LogP contribution in [0.15, 0.2) is 24.0 Å². The van der Waals surface area contributed by atoms with Gasteiger partial charge in [0.05, 0.1) is 20.0 Å². The lowest BCUT2D eigenvalue weighted by Crippen LogP contribution is -2.03. The molecule has 0 aliphatic carbocycles. The molecule has 0 amide bonds. The fraction of sp³-hybridized carbons (Fsp3) is 0.368. The molecule has 0 aliphatic heterocycles. The van der Waals surface area contributed by atoms with Crippen molar-refractivity contribution in [2.24, 2.45) is 0 Å². The predicted octanol–water partition coefficient (Wildman–Crippen LogP) is 6.86. The van der Waals surface area contributed by atoms with Crippen LogP contribution in [0.2, 0.25) is 0 Å². The number of phenols is 4. The Morgan fingerprint density at radius 1 is 0.786 bits per heavy atom. The highest BCUT2D eigenvalue weighted by molar-refractivity contribution is 9.13. The Morgan fingerprint density at radius 3 is 2.04 bits per heavy atom. The summed E-state index contributed by atoms with van der Waals surface area (Å²) in [6.45, 7) is 2.99. The van der Waals surface area contributed by atoms with Gasteiger partial charge in [-0.1, -0.05) is 19.8 Å². The van der Waals surface area contributed by atoms with Gasteiger partial charge in [0.15, 0.2) is 23.0 Å². The fourth-order valence-corrected chi connectivity index (χ4v) is 5.03. The summed E-state index contributed by atoms with van der Waals surface area (Å²) in [4.78, 5) is 0. The Labute approximate surface area is 197 Å². The highest BCUT2D eigenvalue weighted by atomic mass is 79.9. The SMILES string of the molecule is CCCCCOCc1cc(O)c(O)c(Br)c1Cc1c(Br)c(O)c(O)c(Br)c1Br. The quantitative estimate of drug-likeness (QED) is 0.143. The molecule has 2 aromatic carbocycles. The number of ether oxygens (including phenoxy) is 1. The zero-order chi connectivity index (χ0) is 21.0. The van der Waals surface area contributed by atoms with Crippen molar-refractivity contribution in [1.82, 2.24) is 0 Å². The van der Waals surface area contributed by atoms with E-state index in [4.69, 9.17) is 4.74 Å². The van der Waals surface area contributed by atoms with Crippen molar-refractivity contribution in [3.8, 4) is 23.0 Å². The van der Waals surface area contributed by atoms with Gasteiger partial charge < -0.3 is 25.2 Å². The number of hydrogen-bond donors (Lipinski definition) is 4. The van der Waals surface area contributed by atoms with Crippen LogP contribution in [0.25, 0.3) is 0 Å². The number of rotatable bonds is 8. The van der Waals surface area contributed by atoms with Crippen LogP contribution in [0, 0.1) is 0 Å². The van der Waals surface area contributed by atoms with Crippen LogP contribution >= 0.6 is 63.7 Å². The molecule has 0 unspecified atom stereocenters. The summed E-state index contributed by atoms with van der Waals surface area (Å²) in [7, 11) is 0. The average Bonchev–Trinajstić information content (AvgIpc) is 2.68. The number of unbranched alkanes of at least 4 members (excludes halogenated alkanes) is 2. The lowest BCUT2D eigenvalue weighted by atomic mass is 9.98. The molecule has 0 saturated heterocycles. The maximum atomic E-state index is 10.2. The summed E-state index contributed by atoms with van der Waals surface area (Å²) in [5.74, 6) is -1.08. The van der Waals surface area contributed by atoms with Crippen LogP contribution in [0.3, 0.4) is 0 Å². The number of benzene rings is 2. The first-order valence-corrected chi connectivity index (χ1v) is 11.7. The van der Waals surface area contributed by atoms with Crippen molar-refractivity contribution in [2.75, 3.05) is 6.61 Å². The van der Waals surface area contributed by atoms with E-state index in [0.29, 0.717) is 41.2 Å². The molecule has 0 saturated carbocycles. The number of hydrogen-bond acceptors (Lipinski definition) is 5. The maximum Gasteiger partial charge on any atom is 0.174 e. The van der Waals surface area contributed by atoms with Gasteiger partial charge in [-0.3, -0.25) is 0 Å². The Kier molecular flexibility index (Phi) is 8.94. The second-order valence-corrected chi connectivity index (χ2v) is 9.42. The highest BCUT2D eigenvalue weighted by Gasteiger charge is 2.23. The van der Waals surface area contributed by atoms with Crippen molar-refractivity contribution in [3.63, 3.8) is 0 Å². The first-order valence-electron chi connectivity index (χ1n) is 8.57. The predicted molar refractivity (Wildman–Crippen MR) is 122 cm³/mol. The monoisotopic (exact) mass is 644 g/mol. The topological polar surface area (TPSA) is 90.2 Å². The maximum absolute atomic E-state index is 10.2. The standard InChI is InChI=1S/C19H20Br4O5/c1-2-3-4-5-28-8-9-6-12(24)17(25)14(21)10(9)7-11-13(20)16(23)19(27)18(26)15(11)22/h6,24-27H,2-5,7-8H2,1H3. The van der Waals surface area contributed by atoms with Gasteiger partial charge in [0.1, 0.15) is 0 Å². The third-order valence-corrected chi connectivity index (χ3v) is 8.17. The summed E-state index contributed by atoms with van der Waals surface area (Å²) in [5, 5.41) is 40.3. The number of halogens is 4. The molecule has 9 heteroatoms. The van der Waals surface area contributed by atoms with Crippen LogP contribution in [0.4, 0.5) is 0 Å². The Hall–Kier alpha value is -0.480. The smallest absolute Gasteiger partial charge is 0.174 e. The van der Waals surface area contributed by atoms with Gasteiger partial charge in [-0.15, -0.1) is 0 Å². The Bertz CT molecular complexity index is 841. The molecule has 154 valence electrons. The first kappa shape index (κ1) is 23.8. The minimum Gasteiger partial charge on any atom is -0.504 e. The molecule has 0 heterocycles. The van der Waals surface area contributed by atoms with E-state index in [1.165, 1.54) is 6.07 Å². The molecule has 0 bridgehead atoms. The van der Waals surface area contributed by atoms with Crippen LogP contribution < -0.4 is 0 Å². The van der Waals surface area contributed by atoms with Crippen molar-refractivity contribution in [2.45, 2.75) is 39.2 Å². The first-order chi connectivity index (χ1) is 13.2. The van der Waals surface area contributed by atoms with E-state index in [1.54, 1.807) is 0 Å². The van der Waals surface area contributed by atoms with E-state index in [1.807, 2.05) is 0 Å². The zero-order valence-electron chi connectivity index (χ0n) is 15.0. The van der Waals surface area contributed by atoms with Gasteiger partial charge in [0.25, 0.3) is 0 Å². The summed E-state index contributed by atoms with van der Waals surface area (Å²) >= 11 is 13.4. The summed E-state index contributed by atoms with van der Waals surface area (Å²) in [6.07, 6.45) is 3.42. The van der Waals surface area contributed by atoms with Crippen LogP contribution in [-0.4, -0.2) is 27.0 Å². The molecule has 2 aromatic rings. The summed E-state index contributed by atoms with van der Waals surface area (Å²) in [6, 6.07) is 1.48. The molecule has 0 aliphatic rings. The molecule has 28 heavy (non-hydrogen) atoms. The van der Waals surface area contributed by atoms with Gasteiger partial charge in [-0.05, 0) is 92.9 Å². The van der Waals surface area contributed by atoms with Gasteiger partial charge >= 0.3 is 0 Å². The van der Waals surface area contributed by atoms with E-state index in [2.05, 4.69) is 70.6 Å². The van der Waals surface area contributed by atoms with E-state index in [9.17, 15) is 20.4 Å². The molecular weight excluding hydrogens is 628 g/mol. The molecule has 0 aromatic heterocycles. The summed E-state index contributed by atoms with van der Waals surface area (Å²) in [5.41, 5.74) is 2.06. The van der Waals surface area contributed by atoms with Crippen molar-refractivity contribution in [3.05, 3.63) is 40.6 Å². The van der Waals surface area contributed by atoms with E-state index >= 15 is 0 Å². The zero-order valence-corrected chi connectivity index (χ0v) is 21.4. The van der Waals surface area contributed by atoms with Crippen LogP contribution in [-0.2, 0) is 17.8 Å². The Morgan fingerprint density at radius 2 is 1.39 bits per heavy atom. The second kappa shape index (κ2) is 10.5. The van der Waals surface area contributed by atoms with Crippen molar-refractivity contribution in [1.29, 1.82) is 0 Å². The molecule has 0 radical (unpaired) electrons. The molecule has 0 fully saturated rings. The summed E-state index contributed by atoms with van der Waals surface area (Å²) < 4.78 is 7.30. The van der Waals surface area contributed by atoms with Gasteiger partial charge in [0.2, 0.25) is 0 Å². The number of aromatic hydroxyl groups is 4. The normalized spacial score (nSPS) is 11.2. The molecular formula is C19H20Br4O5. The Balaban J connectivity index is 2.44. The molecule has 0 atom stereocenters. The van der Waals surface area contributed by atoms with Crippen LogP contribution in [0.5, 0.6) is 23.0 Å². The second-order valence-electron chi connectivity index (χ2n) is 6.25. The molecule has 0 spiro atoms. The third-order valence-electron chi connectivity index (χ3n) is 4.28. The largest absolute Gasteiger partial charge is 0.504 e. The third kappa shape index (κ3) is 5.16. The van der Waals surface area contributed by atoms with E-state index in [-0.39, 0.29) is 36.0 Å². The van der Waals surface area contributed by atoms with E-state index in [0.717, 1.165) is 19.3 Å². The van der Waals surface area contributed by atoms with E-state index < -0.39 is 0 Å². The van der Waals surface area contributed by atoms with Crippen LogP contribution in [0.1, 0.15) is 42.9 Å². The lowest BCUT2D eigenvalue weighted by molar-refractivity contribution is 0.116. The molecule has 5 nitrogen and oxygen atoms in total. The van der Waals surface area contributed by atoms with Gasteiger partial charge in [0, 0.05) is 17.5 Å². The van der Waals surface area contributed by atoms with Crippen molar-refractivity contribution < 1.29 is 25.2 Å². The van der Waals surface area contributed by atoms with Gasteiger partial charge in [-0.25, -0.2) is 0 Å². The highest BCUT2D eigenvalue weighted by Crippen LogP contribution is 2.49. The molecule has 4 N–H and O–H groups in total. The lowest BCUT2D eigenvalue weighted by Gasteiger charge is -2.18. The van der Waals surface area contributed by atoms with Crippen molar-refractivity contribution >= 4 is 63.7 Å². The minimum absolute atomic E-state index is 0.240. The fourth-order valence-electron chi connectivity index (χ4n) is 2.69. The number of phenolic OH excluding ortho intramolecular Hbond substituents is 4. The molecule has 2 rings (SSSR count). The average molecular weight is 648 g/mol. The minimum atomic E-state index is -0.290.